The summed E-state index contributed by atoms with van der Waals surface area (Å²) in [4.78, 5) is 0. The largest absolute Gasteiger partial charge is 0.356 e. The second-order valence-electron chi connectivity index (χ2n) is 6.38. The van der Waals surface area contributed by atoms with E-state index in [0.717, 1.165) is 34.1 Å². The van der Waals surface area contributed by atoms with Gasteiger partial charge in [-0.25, -0.2) is 0 Å². The molecule has 0 bridgehead atoms. The van der Waals surface area contributed by atoms with Crippen LogP contribution in [0.3, 0.4) is 0 Å². The molecule has 3 aromatic rings. The Morgan fingerprint density at radius 2 is 2.11 bits per heavy atom. The number of hydrogen-bond donors (Lipinski definition) is 2. The Morgan fingerprint density at radius 1 is 1.30 bits per heavy atom. The second-order valence-corrected chi connectivity index (χ2v) is 7.22. The summed E-state index contributed by atoms with van der Waals surface area (Å²) in [5, 5.41) is 16.5. The maximum absolute atomic E-state index is 6.03. The lowest BCUT2D eigenvalue weighted by Gasteiger charge is -2.16. The average Bonchev–Trinajstić information content (AvgIpc) is 3.20. The Balaban J connectivity index is 1.58. The number of benzene rings is 1. The number of nitrogens with zero attached hydrogens (tertiary/aromatic N) is 4. The first-order chi connectivity index (χ1) is 13.0. The summed E-state index contributed by atoms with van der Waals surface area (Å²) in [6.45, 7) is 7.72. The molecule has 8 heteroatoms. The van der Waals surface area contributed by atoms with Crippen molar-refractivity contribution in [1.82, 2.24) is 24.9 Å². The number of rotatable bonds is 6. The molecule has 1 aromatic carbocycles. The van der Waals surface area contributed by atoms with Gasteiger partial charge in [-0.15, -0.1) is 0 Å². The number of hydrogen-bond acceptors (Lipinski definition) is 3. The van der Waals surface area contributed by atoms with Crippen molar-refractivity contribution < 1.29 is 0 Å². The van der Waals surface area contributed by atoms with Crippen molar-refractivity contribution >= 4 is 34.6 Å². The topological polar surface area (TPSA) is 59.7 Å². The first kappa shape index (κ1) is 19.4. The maximum atomic E-state index is 6.03. The van der Waals surface area contributed by atoms with Crippen LogP contribution in [0, 0.1) is 6.92 Å². The van der Waals surface area contributed by atoms with Crippen LogP contribution in [0.25, 0.3) is 0 Å². The van der Waals surface area contributed by atoms with Crippen LogP contribution in [0.2, 0.25) is 5.02 Å². The van der Waals surface area contributed by atoms with Gasteiger partial charge in [0, 0.05) is 29.0 Å². The van der Waals surface area contributed by atoms with E-state index in [9.17, 15) is 0 Å². The van der Waals surface area contributed by atoms with Gasteiger partial charge in [-0.3, -0.25) is 9.36 Å². The van der Waals surface area contributed by atoms with Crippen LogP contribution in [-0.4, -0.2) is 24.7 Å². The highest BCUT2D eigenvalue weighted by Crippen LogP contribution is 2.17. The molecule has 1 unspecified atom stereocenters. The van der Waals surface area contributed by atoms with Crippen molar-refractivity contribution in [2.75, 3.05) is 5.32 Å². The van der Waals surface area contributed by atoms with Crippen LogP contribution in [0.5, 0.6) is 0 Å². The third-order valence-electron chi connectivity index (χ3n) is 4.38. The van der Waals surface area contributed by atoms with Gasteiger partial charge in [-0.1, -0.05) is 23.7 Å². The number of nitrogens with one attached hydrogen (secondary N) is 2. The standard InChI is InChI=1S/C19H23ClN6S/c1-4-26-14(3)18(10-22-26)13(2)23-19(27)24-17-9-21-25(12-17)11-15-6-5-7-16(20)8-15/h5-10,12-13H,4,11H2,1-3H3,(H2,23,24,27). The van der Waals surface area contributed by atoms with Crippen LogP contribution in [0.4, 0.5) is 5.69 Å². The number of halogens is 1. The molecule has 0 radical (unpaired) electrons. The van der Waals surface area contributed by atoms with Crippen molar-refractivity contribution in [3.8, 4) is 0 Å². The highest BCUT2D eigenvalue weighted by molar-refractivity contribution is 7.80. The Kier molecular flexibility index (Phi) is 6.13. The van der Waals surface area contributed by atoms with Crippen molar-refractivity contribution in [3.63, 3.8) is 0 Å². The minimum absolute atomic E-state index is 0.0619. The monoisotopic (exact) mass is 402 g/mol. The Hall–Kier alpha value is -2.38. The van der Waals surface area contributed by atoms with E-state index in [0.29, 0.717) is 11.7 Å². The molecule has 0 aliphatic carbocycles. The molecule has 3 rings (SSSR count). The van der Waals surface area contributed by atoms with E-state index in [1.54, 1.807) is 6.20 Å². The zero-order chi connectivity index (χ0) is 19.4. The van der Waals surface area contributed by atoms with E-state index in [1.165, 1.54) is 0 Å². The minimum Gasteiger partial charge on any atom is -0.356 e. The zero-order valence-electron chi connectivity index (χ0n) is 15.6. The molecule has 2 N–H and O–H groups in total. The van der Waals surface area contributed by atoms with Crippen LogP contribution >= 0.6 is 23.8 Å². The SMILES string of the molecule is CCn1ncc(C(C)NC(=S)Nc2cnn(Cc3cccc(Cl)c3)c2)c1C. The van der Waals surface area contributed by atoms with E-state index >= 15 is 0 Å². The third-order valence-corrected chi connectivity index (χ3v) is 4.83. The lowest BCUT2D eigenvalue weighted by Crippen LogP contribution is -2.31. The Labute approximate surface area is 169 Å². The molecule has 2 heterocycles. The highest BCUT2D eigenvalue weighted by atomic mass is 35.5. The summed E-state index contributed by atoms with van der Waals surface area (Å²) in [6.07, 6.45) is 5.56. The van der Waals surface area contributed by atoms with Crippen molar-refractivity contribution in [2.24, 2.45) is 0 Å². The van der Waals surface area contributed by atoms with Gasteiger partial charge in [0.25, 0.3) is 0 Å². The van der Waals surface area contributed by atoms with Gasteiger partial charge in [0.15, 0.2) is 5.11 Å². The van der Waals surface area contributed by atoms with Crippen molar-refractivity contribution in [1.29, 1.82) is 0 Å². The van der Waals surface area contributed by atoms with Crippen LogP contribution in [0.15, 0.2) is 42.9 Å². The number of aromatic nitrogens is 4. The second kappa shape index (κ2) is 8.54. The molecule has 0 saturated carbocycles. The zero-order valence-corrected chi connectivity index (χ0v) is 17.2. The fourth-order valence-corrected chi connectivity index (χ4v) is 3.49. The van der Waals surface area contributed by atoms with Gasteiger partial charge >= 0.3 is 0 Å². The molecule has 0 spiro atoms. The quantitative estimate of drug-likeness (QED) is 0.606. The van der Waals surface area contributed by atoms with E-state index in [1.807, 2.05) is 46.0 Å². The number of thiocarbonyl (C=S) groups is 1. The lowest BCUT2D eigenvalue weighted by atomic mass is 10.1. The van der Waals surface area contributed by atoms with Gasteiger partial charge in [-0.2, -0.15) is 10.2 Å². The van der Waals surface area contributed by atoms with Crippen molar-refractivity contribution in [3.05, 3.63) is 64.7 Å². The fraction of sp³-hybridized carbons (Fsp3) is 0.316. The summed E-state index contributed by atoms with van der Waals surface area (Å²) in [6, 6.07) is 7.81. The van der Waals surface area contributed by atoms with Gasteiger partial charge in [0.05, 0.1) is 30.7 Å². The van der Waals surface area contributed by atoms with E-state index < -0.39 is 0 Å². The van der Waals surface area contributed by atoms with Crippen LogP contribution < -0.4 is 10.6 Å². The maximum Gasteiger partial charge on any atom is 0.171 e. The van der Waals surface area contributed by atoms with Gasteiger partial charge in [0.1, 0.15) is 0 Å². The summed E-state index contributed by atoms with van der Waals surface area (Å²) >= 11 is 11.5. The van der Waals surface area contributed by atoms with Gasteiger partial charge < -0.3 is 10.6 Å². The lowest BCUT2D eigenvalue weighted by molar-refractivity contribution is 0.633. The summed E-state index contributed by atoms with van der Waals surface area (Å²) < 4.78 is 3.82. The first-order valence-corrected chi connectivity index (χ1v) is 9.61. The Morgan fingerprint density at radius 3 is 2.81 bits per heavy atom. The molecule has 0 saturated heterocycles. The predicted molar refractivity (Wildman–Crippen MR) is 113 cm³/mol. The molecular weight excluding hydrogens is 380 g/mol. The average molecular weight is 403 g/mol. The molecule has 0 fully saturated rings. The number of anilines is 1. The van der Waals surface area contributed by atoms with Crippen LogP contribution in [0.1, 0.15) is 36.7 Å². The van der Waals surface area contributed by atoms with E-state index in [4.69, 9.17) is 23.8 Å². The highest BCUT2D eigenvalue weighted by Gasteiger charge is 2.14. The third kappa shape index (κ3) is 4.87. The molecule has 142 valence electrons. The molecule has 1 atom stereocenters. The van der Waals surface area contributed by atoms with Crippen LogP contribution in [-0.2, 0) is 13.1 Å². The van der Waals surface area contributed by atoms with Gasteiger partial charge in [0.2, 0.25) is 0 Å². The fourth-order valence-electron chi connectivity index (χ4n) is 2.98. The first-order valence-electron chi connectivity index (χ1n) is 8.83. The van der Waals surface area contributed by atoms with Gasteiger partial charge in [-0.05, 0) is 50.7 Å². The molecule has 2 aromatic heterocycles. The number of aryl methyl sites for hydroxylation is 1. The van der Waals surface area contributed by atoms with E-state index in [2.05, 4.69) is 41.6 Å². The normalized spacial score (nSPS) is 12.0. The summed E-state index contributed by atoms with van der Waals surface area (Å²) in [7, 11) is 0. The molecule has 0 amide bonds. The van der Waals surface area contributed by atoms with Crippen molar-refractivity contribution in [2.45, 2.75) is 39.9 Å². The Bertz CT molecular complexity index is 932. The summed E-state index contributed by atoms with van der Waals surface area (Å²) in [5.74, 6) is 0. The minimum atomic E-state index is 0.0619. The molecule has 6 nitrogen and oxygen atoms in total. The molecule has 0 aliphatic heterocycles. The predicted octanol–water partition coefficient (Wildman–Crippen LogP) is 4.16. The smallest absolute Gasteiger partial charge is 0.171 e. The molecule has 0 aliphatic rings. The van der Waals surface area contributed by atoms with E-state index in [-0.39, 0.29) is 6.04 Å². The molecule has 27 heavy (non-hydrogen) atoms. The summed E-state index contributed by atoms with van der Waals surface area (Å²) in [5.41, 5.74) is 4.21. The molecular formula is C19H23ClN6S.